The average molecular weight is 384 g/mol. The number of nitrogens with two attached hydrogens (primary N) is 2. The second kappa shape index (κ2) is 10.6. The third-order valence-electron chi connectivity index (χ3n) is 4.69. The van der Waals surface area contributed by atoms with E-state index < -0.39 is 24.1 Å². The lowest BCUT2D eigenvalue weighted by molar-refractivity contribution is -0.136. The van der Waals surface area contributed by atoms with Crippen LogP contribution in [-0.2, 0) is 9.59 Å². The van der Waals surface area contributed by atoms with Crippen LogP contribution >= 0.6 is 0 Å². The molecule has 0 aromatic carbocycles. The molecule has 1 unspecified atom stereocenters. The Hall–Kier alpha value is -2.52. The summed E-state index contributed by atoms with van der Waals surface area (Å²) in [6.45, 7) is 4.14. The van der Waals surface area contributed by atoms with Gasteiger partial charge in [0.2, 0.25) is 11.8 Å². The number of carboxylic acid groups (broad SMARTS) is 1. The van der Waals surface area contributed by atoms with E-state index in [1.54, 1.807) is 11.9 Å². The Bertz CT molecular complexity index is 564. The molecule has 1 rings (SSSR count). The zero-order valence-electron chi connectivity index (χ0n) is 16.4. The van der Waals surface area contributed by atoms with Crippen LogP contribution in [0.5, 0.6) is 0 Å². The van der Waals surface area contributed by atoms with Gasteiger partial charge in [0.15, 0.2) is 5.96 Å². The lowest BCUT2D eigenvalue weighted by Crippen LogP contribution is -2.53. The molecule has 1 aliphatic rings. The first-order valence-electron chi connectivity index (χ1n) is 9.26. The van der Waals surface area contributed by atoms with Gasteiger partial charge in [-0.15, -0.1) is 0 Å². The summed E-state index contributed by atoms with van der Waals surface area (Å²) in [5.74, 6) is -1.36. The summed E-state index contributed by atoms with van der Waals surface area (Å²) in [6.07, 6.45) is 2.97. The van der Waals surface area contributed by atoms with Gasteiger partial charge in [-0.1, -0.05) is 26.2 Å². The van der Waals surface area contributed by atoms with E-state index in [-0.39, 0.29) is 30.9 Å². The largest absolute Gasteiger partial charge is 0.465 e. The van der Waals surface area contributed by atoms with Crippen molar-refractivity contribution >= 4 is 23.9 Å². The Labute approximate surface area is 159 Å². The maximum absolute atomic E-state index is 13.0. The summed E-state index contributed by atoms with van der Waals surface area (Å²) in [5.41, 5.74) is 10.9. The van der Waals surface area contributed by atoms with Crippen molar-refractivity contribution in [1.29, 1.82) is 0 Å². The van der Waals surface area contributed by atoms with Gasteiger partial charge in [-0.05, 0) is 6.42 Å². The predicted octanol–water partition coefficient (Wildman–Crippen LogP) is -0.218. The molecule has 10 heteroatoms. The van der Waals surface area contributed by atoms with Crippen molar-refractivity contribution in [3.05, 3.63) is 0 Å². The Kier molecular flexibility index (Phi) is 8.83. The second-order valence-corrected chi connectivity index (χ2v) is 6.97. The van der Waals surface area contributed by atoms with Gasteiger partial charge in [-0.3, -0.25) is 9.59 Å². The molecule has 1 heterocycles. The van der Waals surface area contributed by atoms with E-state index in [1.807, 2.05) is 0 Å². The van der Waals surface area contributed by atoms with Crippen molar-refractivity contribution in [3.63, 3.8) is 0 Å². The fourth-order valence-corrected chi connectivity index (χ4v) is 3.32. The Balaban J connectivity index is 2.97. The summed E-state index contributed by atoms with van der Waals surface area (Å²) in [4.78, 5) is 42.8. The first-order valence-corrected chi connectivity index (χ1v) is 9.26. The molecule has 0 aromatic heterocycles. The lowest BCUT2D eigenvalue weighted by atomic mass is 9.93. The first-order chi connectivity index (χ1) is 12.7. The first kappa shape index (κ1) is 22.5. The number of aliphatic imine (C=N–C) groups is 1. The standard InChI is InChI=1S/C17H32N6O4/c1-4-5-6-7-8-22(3)15(25)14(20-11(2)24)12-9-23(17(26)27)10-13(12)21-16(18)19/h12-14H,4-10H2,1-3H3,(H,20,24)(H,26,27)(H4,18,19,21)/t12-,13-,14?/m0/s1. The molecule has 0 saturated carbocycles. The Morgan fingerprint density at radius 3 is 2.44 bits per heavy atom. The SMILES string of the molecule is CCCCCCN(C)C(=O)C(NC(C)=O)[C@H]1CN(C(=O)O)C[C@@H]1N=C(N)N. The van der Waals surface area contributed by atoms with Crippen LogP contribution in [0.1, 0.15) is 39.5 Å². The van der Waals surface area contributed by atoms with Crippen LogP contribution in [0.2, 0.25) is 0 Å². The molecule has 10 nitrogen and oxygen atoms in total. The van der Waals surface area contributed by atoms with E-state index in [4.69, 9.17) is 11.5 Å². The van der Waals surface area contributed by atoms with E-state index in [2.05, 4.69) is 17.2 Å². The normalized spacial score (nSPS) is 20.0. The van der Waals surface area contributed by atoms with Gasteiger partial charge < -0.3 is 31.7 Å². The van der Waals surface area contributed by atoms with E-state index in [0.29, 0.717) is 6.54 Å². The minimum Gasteiger partial charge on any atom is -0.465 e. The molecule has 0 spiro atoms. The molecule has 1 fully saturated rings. The van der Waals surface area contributed by atoms with Gasteiger partial charge in [-0.25, -0.2) is 9.79 Å². The van der Waals surface area contributed by atoms with Crippen molar-refractivity contribution in [2.45, 2.75) is 51.6 Å². The zero-order chi connectivity index (χ0) is 20.6. The molecule has 1 aliphatic heterocycles. The van der Waals surface area contributed by atoms with Crippen molar-refractivity contribution in [1.82, 2.24) is 15.1 Å². The maximum atomic E-state index is 13.0. The number of unbranched alkanes of at least 4 members (excludes halogenated alkanes) is 3. The van der Waals surface area contributed by atoms with Crippen LogP contribution in [-0.4, -0.2) is 77.5 Å². The van der Waals surface area contributed by atoms with Crippen LogP contribution in [0.25, 0.3) is 0 Å². The molecular weight excluding hydrogens is 352 g/mol. The zero-order valence-corrected chi connectivity index (χ0v) is 16.4. The molecule has 0 aromatic rings. The molecule has 3 atom stereocenters. The average Bonchev–Trinajstić information content (AvgIpc) is 2.98. The fourth-order valence-electron chi connectivity index (χ4n) is 3.32. The predicted molar refractivity (Wildman–Crippen MR) is 102 cm³/mol. The molecule has 6 N–H and O–H groups in total. The second-order valence-electron chi connectivity index (χ2n) is 6.97. The molecule has 154 valence electrons. The number of amides is 3. The van der Waals surface area contributed by atoms with Gasteiger partial charge in [-0.2, -0.15) is 0 Å². The number of nitrogens with zero attached hydrogens (tertiary/aromatic N) is 3. The van der Waals surface area contributed by atoms with Gasteiger partial charge >= 0.3 is 6.09 Å². The fraction of sp³-hybridized carbons (Fsp3) is 0.765. The summed E-state index contributed by atoms with van der Waals surface area (Å²) in [7, 11) is 1.68. The minimum atomic E-state index is -1.12. The van der Waals surface area contributed by atoms with Crippen LogP contribution in [0.4, 0.5) is 4.79 Å². The van der Waals surface area contributed by atoms with Crippen molar-refractivity contribution in [2.24, 2.45) is 22.4 Å². The van der Waals surface area contributed by atoms with Crippen LogP contribution in [0.15, 0.2) is 4.99 Å². The molecule has 0 radical (unpaired) electrons. The van der Waals surface area contributed by atoms with Crippen molar-refractivity contribution in [3.8, 4) is 0 Å². The number of hydrogen-bond donors (Lipinski definition) is 4. The van der Waals surface area contributed by atoms with Crippen LogP contribution in [0, 0.1) is 5.92 Å². The highest BCUT2D eigenvalue weighted by atomic mass is 16.4. The highest BCUT2D eigenvalue weighted by Crippen LogP contribution is 2.25. The highest BCUT2D eigenvalue weighted by Gasteiger charge is 2.44. The quantitative estimate of drug-likeness (QED) is 0.245. The van der Waals surface area contributed by atoms with E-state index in [1.165, 1.54) is 6.92 Å². The van der Waals surface area contributed by atoms with Gasteiger partial charge in [0.05, 0.1) is 6.04 Å². The van der Waals surface area contributed by atoms with Crippen LogP contribution < -0.4 is 16.8 Å². The smallest absolute Gasteiger partial charge is 0.407 e. The van der Waals surface area contributed by atoms with Crippen LogP contribution in [0.3, 0.4) is 0 Å². The monoisotopic (exact) mass is 384 g/mol. The van der Waals surface area contributed by atoms with E-state index >= 15 is 0 Å². The maximum Gasteiger partial charge on any atom is 0.407 e. The third-order valence-corrected chi connectivity index (χ3v) is 4.69. The Morgan fingerprint density at radius 2 is 1.93 bits per heavy atom. The molecular formula is C17H32N6O4. The number of rotatable bonds is 9. The molecule has 0 aliphatic carbocycles. The number of nitrogens with one attached hydrogen (secondary N) is 1. The number of likely N-dealkylation sites (tertiary alicyclic amines) is 1. The number of guanidine groups is 1. The third kappa shape index (κ3) is 6.95. The van der Waals surface area contributed by atoms with E-state index in [9.17, 15) is 19.5 Å². The number of carbonyl (C=O) groups excluding carboxylic acids is 2. The summed E-state index contributed by atoms with van der Waals surface area (Å²) in [5, 5.41) is 12.0. The molecule has 0 bridgehead atoms. The Morgan fingerprint density at radius 1 is 1.26 bits per heavy atom. The van der Waals surface area contributed by atoms with Crippen molar-refractivity contribution < 1.29 is 19.5 Å². The summed E-state index contributed by atoms with van der Waals surface area (Å²) in [6, 6.07) is -1.49. The topological polar surface area (TPSA) is 154 Å². The minimum absolute atomic E-state index is 0.0666. The summed E-state index contributed by atoms with van der Waals surface area (Å²) < 4.78 is 0. The highest BCUT2D eigenvalue weighted by molar-refractivity contribution is 5.87. The van der Waals surface area contributed by atoms with Gasteiger partial charge in [0, 0.05) is 39.5 Å². The number of hydrogen-bond acceptors (Lipinski definition) is 4. The molecule has 27 heavy (non-hydrogen) atoms. The summed E-state index contributed by atoms with van der Waals surface area (Å²) >= 11 is 0. The van der Waals surface area contributed by atoms with Gasteiger partial charge in [0.25, 0.3) is 0 Å². The van der Waals surface area contributed by atoms with E-state index in [0.717, 1.165) is 30.6 Å². The van der Waals surface area contributed by atoms with Gasteiger partial charge in [0.1, 0.15) is 6.04 Å². The molecule has 3 amide bonds. The number of likely N-dealkylation sites (N-methyl/N-ethyl adjacent to an activating group) is 1. The van der Waals surface area contributed by atoms with Crippen molar-refractivity contribution in [2.75, 3.05) is 26.7 Å². The lowest BCUT2D eigenvalue weighted by Gasteiger charge is -2.29. The number of carbonyl (C=O) groups is 3. The molecule has 1 saturated heterocycles.